The third-order valence-electron chi connectivity index (χ3n) is 10.8. The number of nitrogens with zero attached hydrogens (tertiary/aromatic N) is 2. The maximum Gasteiger partial charge on any atom is 0.333 e. The summed E-state index contributed by atoms with van der Waals surface area (Å²) in [7, 11) is 0. The molecule has 3 aliphatic heterocycles. The van der Waals surface area contributed by atoms with Crippen molar-refractivity contribution in [2.24, 2.45) is 0 Å². The minimum absolute atomic E-state index is 0.0257. The summed E-state index contributed by atoms with van der Waals surface area (Å²) < 4.78 is 9.25. The lowest BCUT2D eigenvalue weighted by Crippen LogP contribution is -2.61. The Balaban J connectivity index is 1.42. The molecule has 1 aromatic heterocycles. The van der Waals surface area contributed by atoms with Gasteiger partial charge in [0.25, 0.3) is 0 Å². The molecule has 0 aliphatic carbocycles. The van der Waals surface area contributed by atoms with Crippen molar-refractivity contribution in [3.63, 3.8) is 0 Å². The molecule has 0 atom stereocenters. The second-order valence-corrected chi connectivity index (χ2v) is 15.8. The predicted octanol–water partition coefficient (Wildman–Crippen LogP) is 10.4. The average Bonchev–Trinajstić information content (AvgIpc) is 3.41. The number of anilines is 2. The highest BCUT2D eigenvalue weighted by atomic mass is 16.5. The molecule has 232 valence electrons. The van der Waals surface area contributed by atoms with Crippen molar-refractivity contribution in [2.75, 3.05) is 4.81 Å². The van der Waals surface area contributed by atoms with Gasteiger partial charge in [0.05, 0.1) is 22.4 Å². The average molecular weight is 621 g/mol. The SMILES string of the molecule is CC(C)(C)c1ccc2c(c1)c1cc(C(C)(C)C)cc3c1n2-c1cc(-c2ccccc2)cc2c1B3N1c3ccccc3Oc3cccc-2c31. The highest BCUT2D eigenvalue weighted by Crippen LogP contribution is 2.54. The number of fused-ring (bicyclic) bond motifs is 9. The van der Waals surface area contributed by atoms with Gasteiger partial charge in [0.1, 0.15) is 5.75 Å². The van der Waals surface area contributed by atoms with Crippen LogP contribution in [-0.2, 0) is 10.8 Å². The Hall–Kier alpha value is -5.22. The van der Waals surface area contributed by atoms with Crippen molar-refractivity contribution < 1.29 is 4.74 Å². The Morgan fingerprint density at radius 3 is 2.08 bits per heavy atom. The summed E-state index contributed by atoms with van der Waals surface area (Å²) in [5.41, 5.74) is 16.5. The van der Waals surface area contributed by atoms with E-state index in [4.69, 9.17) is 4.74 Å². The van der Waals surface area contributed by atoms with Crippen molar-refractivity contribution in [1.29, 1.82) is 0 Å². The lowest BCUT2D eigenvalue weighted by atomic mass is 9.43. The number of hydrogen-bond acceptors (Lipinski definition) is 2. The Morgan fingerprint density at radius 2 is 1.29 bits per heavy atom. The molecule has 3 nitrogen and oxygen atoms in total. The summed E-state index contributed by atoms with van der Waals surface area (Å²) in [6, 6.07) is 43.0. The van der Waals surface area contributed by atoms with Gasteiger partial charge in [-0.25, -0.2) is 0 Å². The molecule has 3 aliphatic rings. The van der Waals surface area contributed by atoms with Gasteiger partial charge in [0, 0.05) is 22.0 Å². The second-order valence-electron chi connectivity index (χ2n) is 15.8. The Morgan fingerprint density at radius 1 is 0.562 bits per heavy atom. The fourth-order valence-corrected chi connectivity index (χ4v) is 8.41. The maximum absolute atomic E-state index is 6.66. The van der Waals surface area contributed by atoms with Crippen LogP contribution in [-0.4, -0.2) is 11.4 Å². The zero-order valence-corrected chi connectivity index (χ0v) is 28.3. The third-order valence-corrected chi connectivity index (χ3v) is 10.8. The molecular formula is C44H37BN2O. The van der Waals surface area contributed by atoms with Gasteiger partial charge >= 0.3 is 6.85 Å². The topological polar surface area (TPSA) is 17.4 Å². The first-order valence-corrected chi connectivity index (χ1v) is 17.1. The molecule has 0 N–H and O–H groups in total. The van der Waals surface area contributed by atoms with Crippen LogP contribution in [0.4, 0.5) is 11.4 Å². The molecule has 4 heteroatoms. The second kappa shape index (κ2) is 9.23. The molecule has 0 amide bonds. The molecule has 0 saturated carbocycles. The van der Waals surface area contributed by atoms with Crippen LogP contribution >= 0.6 is 0 Å². The van der Waals surface area contributed by atoms with Gasteiger partial charge < -0.3 is 14.1 Å². The molecule has 7 aromatic rings. The molecule has 10 rings (SSSR count). The van der Waals surface area contributed by atoms with Crippen LogP contribution < -0.4 is 20.5 Å². The Labute approximate surface area is 282 Å². The van der Waals surface area contributed by atoms with E-state index in [1.165, 1.54) is 71.8 Å². The Bertz CT molecular complexity index is 2510. The fourth-order valence-electron chi connectivity index (χ4n) is 8.41. The summed E-state index contributed by atoms with van der Waals surface area (Å²) in [5, 5.41) is 2.65. The van der Waals surface area contributed by atoms with Crippen molar-refractivity contribution in [3.05, 3.63) is 126 Å². The van der Waals surface area contributed by atoms with E-state index in [1.807, 2.05) is 0 Å². The quantitative estimate of drug-likeness (QED) is 0.170. The van der Waals surface area contributed by atoms with Crippen LogP contribution in [0.2, 0.25) is 0 Å². The van der Waals surface area contributed by atoms with Gasteiger partial charge in [0.2, 0.25) is 0 Å². The van der Waals surface area contributed by atoms with Gasteiger partial charge in [-0.1, -0.05) is 108 Å². The van der Waals surface area contributed by atoms with E-state index in [0.29, 0.717) is 0 Å². The number of benzene rings is 6. The van der Waals surface area contributed by atoms with Crippen LogP contribution in [0.3, 0.4) is 0 Å². The van der Waals surface area contributed by atoms with Gasteiger partial charge in [-0.2, -0.15) is 0 Å². The molecule has 0 spiro atoms. The molecular weight excluding hydrogens is 583 g/mol. The number of aromatic nitrogens is 1. The zero-order chi connectivity index (χ0) is 32.7. The van der Waals surface area contributed by atoms with E-state index >= 15 is 0 Å². The standard InChI is InChI=1S/C44H37BN2O/c1-43(2,3)28-19-20-35-31(23-28)33-24-29(44(4,5)6)25-34-41(33)46(35)37-22-27(26-13-8-7-9-14-26)21-32-30-15-12-18-39-42(30)47(45(34)40(32)37)36-16-10-11-17-38(36)48-39/h7-25H,1-6H3. The largest absolute Gasteiger partial charge is 0.453 e. The summed E-state index contributed by atoms with van der Waals surface area (Å²) in [6.45, 7) is 13.9. The highest BCUT2D eigenvalue weighted by Gasteiger charge is 2.47. The number of hydrogen-bond donors (Lipinski definition) is 0. The monoisotopic (exact) mass is 620 g/mol. The molecule has 0 bridgehead atoms. The zero-order valence-electron chi connectivity index (χ0n) is 28.3. The van der Waals surface area contributed by atoms with Gasteiger partial charge in [-0.3, -0.25) is 0 Å². The molecule has 0 radical (unpaired) electrons. The third kappa shape index (κ3) is 3.66. The van der Waals surface area contributed by atoms with E-state index in [0.717, 1.165) is 22.9 Å². The van der Waals surface area contributed by atoms with E-state index in [9.17, 15) is 0 Å². The first-order valence-electron chi connectivity index (χ1n) is 17.1. The van der Waals surface area contributed by atoms with E-state index < -0.39 is 0 Å². The summed E-state index contributed by atoms with van der Waals surface area (Å²) in [4.78, 5) is 2.58. The first-order chi connectivity index (χ1) is 23.1. The smallest absolute Gasteiger partial charge is 0.333 e. The van der Waals surface area contributed by atoms with Crippen LogP contribution in [0.5, 0.6) is 11.5 Å². The van der Waals surface area contributed by atoms with Crippen LogP contribution in [0, 0.1) is 0 Å². The molecule has 0 unspecified atom stereocenters. The summed E-state index contributed by atoms with van der Waals surface area (Å²) in [5.74, 6) is 1.81. The predicted molar refractivity (Wildman–Crippen MR) is 203 cm³/mol. The maximum atomic E-state index is 6.66. The minimum Gasteiger partial charge on any atom is -0.453 e. The van der Waals surface area contributed by atoms with Crippen molar-refractivity contribution in [1.82, 2.24) is 4.57 Å². The molecule has 6 aromatic carbocycles. The minimum atomic E-state index is -0.0261. The number of rotatable bonds is 1. The molecule has 4 heterocycles. The molecule has 0 saturated heterocycles. The molecule has 0 fully saturated rings. The normalized spacial score (nSPS) is 14.1. The van der Waals surface area contributed by atoms with Crippen molar-refractivity contribution in [2.45, 2.75) is 52.4 Å². The lowest BCUT2D eigenvalue weighted by Gasteiger charge is -2.45. The van der Waals surface area contributed by atoms with E-state index in [2.05, 4.69) is 166 Å². The van der Waals surface area contributed by atoms with Crippen LogP contribution in [0.1, 0.15) is 52.7 Å². The van der Waals surface area contributed by atoms with Crippen molar-refractivity contribution >= 4 is 51.0 Å². The van der Waals surface area contributed by atoms with Gasteiger partial charge in [0.15, 0.2) is 5.75 Å². The number of ether oxygens (including phenoxy) is 1. The van der Waals surface area contributed by atoms with Crippen molar-refractivity contribution in [3.8, 4) is 39.4 Å². The molecule has 48 heavy (non-hydrogen) atoms. The van der Waals surface area contributed by atoms with E-state index in [1.54, 1.807) is 0 Å². The first kappa shape index (κ1) is 27.9. The summed E-state index contributed by atoms with van der Waals surface area (Å²) >= 11 is 0. The van der Waals surface area contributed by atoms with Crippen LogP contribution in [0.25, 0.3) is 49.7 Å². The highest BCUT2D eigenvalue weighted by molar-refractivity contribution is 6.93. The van der Waals surface area contributed by atoms with Gasteiger partial charge in [-0.15, -0.1) is 0 Å². The van der Waals surface area contributed by atoms with Crippen LogP contribution in [0.15, 0.2) is 115 Å². The fraction of sp³-hybridized carbons (Fsp3) is 0.182. The number of para-hydroxylation sites is 3. The van der Waals surface area contributed by atoms with E-state index in [-0.39, 0.29) is 17.7 Å². The van der Waals surface area contributed by atoms with Gasteiger partial charge in [-0.05, 0) is 98.1 Å². The Kier molecular flexibility index (Phi) is 5.36. The lowest BCUT2D eigenvalue weighted by molar-refractivity contribution is 0.478. The summed E-state index contributed by atoms with van der Waals surface area (Å²) in [6.07, 6.45) is 0.